The Hall–Kier alpha value is -1.13. The summed E-state index contributed by atoms with van der Waals surface area (Å²) in [7, 11) is 1.17. The highest BCUT2D eigenvalue weighted by molar-refractivity contribution is 5.81. The Balaban J connectivity index is 2.71. The summed E-state index contributed by atoms with van der Waals surface area (Å²) in [5, 5.41) is 8.67. The van der Waals surface area contributed by atoms with E-state index in [1.165, 1.54) is 7.11 Å². The molecule has 1 aliphatic rings. The van der Waals surface area contributed by atoms with Crippen molar-refractivity contribution in [2.45, 2.75) is 19.0 Å². The van der Waals surface area contributed by atoms with Gasteiger partial charge in [-0.3, -0.25) is 9.59 Å². The maximum absolute atomic E-state index is 12.8. The van der Waals surface area contributed by atoms with Crippen molar-refractivity contribution in [3.05, 3.63) is 0 Å². The van der Waals surface area contributed by atoms with E-state index >= 15 is 0 Å². The fraction of sp³-hybridized carbons (Fsp3) is 0.750. The Morgan fingerprint density at radius 1 is 1.38 bits per heavy atom. The van der Waals surface area contributed by atoms with E-state index in [2.05, 4.69) is 4.74 Å². The number of carbonyl (C=O) groups is 2. The fourth-order valence-electron chi connectivity index (χ4n) is 1.66. The zero-order chi connectivity index (χ0) is 10.0. The lowest BCUT2D eigenvalue weighted by Gasteiger charge is -2.11. The minimum atomic E-state index is -1.20. The standard InChI is InChI=1S/C8H11FO4/c1-13-8(12)6-3-4(9)2-5(6)7(10)11/h4-6H,2-3H2,1H3,(H,10,11)/t4-,5+,6-/m1/s1. The summed E-state index contributed by atoms with van der Waals surface area (Å²) in [5.74, 6) is -3.51. The van der Waals surface area contributed by atoms with E-state index in [1.54, 1.807) is 0 Å². The zero-order valence-corrected chi connectivity index (χ0v) is 7.20. The molecule has 0 heterocycles. The number of esters is 1. The van der Waals surface area contributed by atoms with Gasteiger partial charge in [0.05, 0.1) is 18.9 Å². The average Bonchev–Trinajstić information content (AvgIpc) is 2.46. The molecule has 5 heteroatoms. The van der Waals surface area contributed by atoms with E-state index in [1.807, 2.05) is 0 Å². The molecule has 0 aromatic rings. The number of carbonyl (C=O) groups excluding carboxylic acids is 1. The van der Waals surface area contributed by atoms with E-state index in [4.69, 9.17) is 5.11 Å². The van der Waals surface area contributed by atoms with Gasteiger partial charge in [0.15, 0.2) is 0 Å². The number of rotatable bonds is 2. The van der Waals surface area contributed by atoms with Crippen LogP contribution in [0.3, 0.4) is 0 Å². The maximum Gasteiger partial charge on any atom is 0.309 e. The second kappa shape index (κ2) is 3.72. The summed E-state index contributed by atoms with van der Waals surface area (Å²) in [5.41, 5.74) is 0. The number of carboxylic acid groups (broad SMARTS) is 1. The van der Waals surface area contributed by atoms with Crippen molar-refractivity contribution < 1.29 is 23.8 Å². The van der Waals surface area contributed by atoms with Crippen molar-refractivity contribution in [2.75, 3.05) is 7.11 Å². The van der Waals surface area contributed by atoms with Crippen LogP contribution in [0.4, 0.5) is 4.39 Å². The van der Waals surface area contributed by atoms with Crippen molar-refractivity contribution >= 4 is 11.9 Å². The van der Waals surface area contributed by atoms with Crippen molar-refractivity contribution in [1.82, 2.24) is 0 Å². The first-order valence-electron chi connectivity index (χ1n) is 4.01. The highest BCUT2D eigenvalue weighted by Crippen LogP contribution is 2.34. The van der Waals surface area contributed by atoms with Crippen LogP contribution in [-0.2, 0) is 14.3 Å². The first-order chi connectivity index (χ1) is 6.06. The number of aliphatic carboxylic acids is 1. The Morgan fingerprint density at radius 2 is 1.92 bits per heavy atom. The first-order valence-corrected chi connectivity index (χ1v) is 4.01. The third kappa shape index (κ3) is 1.96. The number of carboxylic acids is 1. The van der Waals surface area contributed by atoms with E-state index in [0.29, 0.717) is 0 Å². The van der Waals surface area contributed by atoms with Crippen LogP contribution in [0.5, 0.6) is 0 Å². The van der Waals surface area contributed by atoms with Gasteiger partial charge < -0.3 is 9.84 Å². The molecular formula is C8H11FO4. The van der Waals surface area contributed by atoms with Gasteiger partial charge in [0.25, 0.3) is 0 Å². The highest BCUT2D eigenvalue weighted by atomic mass is 19.1. The normalized spacial score (nSPS) is 32.9. The van der Waals surface area contributed by atoms with Crippen LogP contribution >= 0.6 is 0 Å². The van der Waals surface area contributed by atoms with Gasteiger partial charge in [-0.25, -0.2) is 4.39 Å². The molecule has 4 nitrogen and oxygen atoms in total. The molecule has 0 spiro atoms. The van der Waals surface area contributed by atoms with Crippen molar-refractivity contribution in [2.24, 2.45) is 11.8 Å². The second-order valence-electron chi connectivity index (χ2n) is 3.14. The molecular weight excluding hydrogens is 179 g/mol. The molecule has 0 bridgehead atoms. The molecule has 0 aliphatic heterocycles. The summed E-state index contributed by atoms with van der Waals surface area (Å²) >= 11 is 0. The molecule has 0 aromatic heterocycles. The van der Waals surface area contributed by atoms with Crippen LogP contribution in [0.2, 0.25) is 0 Å². The third-order valence-corrected chi connectivity index (χ3v) is 2.33. The SMILES string of the molecule is COC(=O)[C@@H]1C[C@H](F)C[C@@H]1C(=O)O. The van der Waals surface area contributed by atoms with Crippen LogP contribution in [0.25, 0.3) is 0 Å². The Bertz CT molecular complexity index is 228. The molecule has 1 fully saturated rings. The Kier molecular flexibility index (Phi) is 2.85. The summed E-state index contributed by atoms with van der Waals surface area (Å²) in [6.07, 6.45) is -1.33. The lowest BCUT2D eigenvalue weighted by Crippen LogP contribution is -2.26. The van der Waals surface area contributed by atoms with Gasteiger partial charge in [-0.2, -0.15) is 0 Å². The molecule has 13 heavy (non-hydrogen) atoms. The van der Waals surface area contributed by atoms with Gasteiger partial charge in [0.2, 0.25) is 0 Å². The van der Waals surface area contributed by atoms with Crippen LogP contribution in [0, 0.1) is 11.8 Å². The highest BCUT2D eigenvalue weighted by Gasteiger charge is 2.43. The lowest BCUT2D eigenvalue weighted by molar-refractivity contribution is -0.154. The van der Waals surface area contributed by atoms with Gasteiger partial charge in [-0.1, -0.05) is 0 Å². The molecule has 0 aromatic carbocycles. The number of hydrogen-bond donors (Lipinski definition) is 1. The quantitative estimate of drug-likeness (QED) is 0.648. The van der Waals surface area contributed by atoms with Crippen molar-refractivity contribution in [3.63, 3.8) is 0 Å². The Labute approximate surface area is 74.7 Å². The summed E-state index contributed by atoms with van der Waals surface area (Å²) in [6, 6.07) is 0. The second-order valence-corrected chi connectivity index (χ2v) is 3.14. The monoisotopic (exact) mass is 190 g/mol. The Morgan fingerprint density at radius 3 is 2.38 bits per heavy atom. The van der Waals surface area contributed by atoms with Gasteiger partial charge >= 0.3 is 11.9 Å². The number of alkyl halides is 1. The molecule has 0 saturated heterocycles. The van der Waals surface area contributed by atoms with Crippen LogP contribution < -0.4 is 0 Å². The first kappa shape index (κ1) is 9.95. The van der Waals surface area contributed by atoms with Crippen molar-refractivity contribution in [3.8, 4) is 0 Å². The van der Waals surface area contributed by atoms with Gasteiger partial charge in [0.1, 0.15) is 6.17 Å². The minimum absolute atomic E-state index is 0.0381. The molecule has 1 aliphatic carbocycles. The molecule has 74 valence electrons. The van der Waals surface area contributed by atoms with Gasteiger partial charge in [0, 0.05) is 0 Å². The largest absolute Gasteiger partial charge is 0.481 e. The number of halogens is 1. The summed E-state index contributed by atoms with van der Waals surface area (Å²) < 4.78 is 17.2. The van der Waals surface area contributed by atoms with Gasteiger partial charge in [-0.15, -0.1) is 0 Å². The zero-order valence-electron chi connectivity index (χ0n) is 7.20. The minimum Gasteiger partial charge on any atom is -0.481 e. The third-order valence-electron chi connectivity index (χ3n) is 2.33. The van der Waals surface area contributed by atoms with E-state index in [0.717, 1.165) is 0 Å². The number of ether oxygens (including phenoxy) is 1. The van der Waals surface area contributed by atoms with Crippen LogP contribution in [-0.4, -0.2) is 30.3 Å². The predicted molar refractivity (Wildman–Crippen MR) is 40.8 cm³/mol. The summed E-state index contributed by atoms with van der Waals surface area (Å²) in [6.45, 7) is 0. The van der Waals surface area contributed by atoms with Crippen LogP contribution in [0.15, 0.2) is 0 Å². The molecule has 0 amide bonds. The predicted octanol–water partition coefficient (Wildman–Crippen LogP) is 0.608. The number of hydrogen-bond acceptors (Lipinski definition) is 3. The van der Waals surface area contributed by atoms with E-state index in [-0.39, 0.29) is 12.8 Å². The van der Waals surface area contributed by atoms with Crippen molar-refractivity contribution in [1.29, 1.82) is 0 Å². The number of methoxy groups -OCH3 is 1. The lowest BCUT2D eigenvalue weighted by atomic mass is 9.97. The summed E-state index contributed by atoms with van der Waals surface area (Å²) in [4.78, 5) is 21.6. The molecule has 1 N–H and O–H groups in total. The topological polar surface area (TPSA) is 63.6 Å². The molecule has 0 radical (unpaired) electrons. The van der Waals surface area contributed by atoms with E-state index < -0.39 is 29.9 Å². The molecule has 3 atom stereocenters. The molecule has 0 unspecified atom stereocenters. The molecule has 1 rings (SSSR count). The van der Waals surface area contributed by atoms with Gasteiger partial charge in [-0.05, 0) is 12.8 Å². The maximum atomic E-state index is 12.8. The smallest absolute Gasteiger partial charge is 0.309 e. The van der Waals surface area contributed by atoms with E-state index in [9.17, 15) is 14.0 Å². The fourth-order valence-corrected chi connectivity index (χ4v) is 1.66. The molecule has 1 saturated carbocycles. The van der Waals surface area contributed by atoms with Crippen LogP contribution in [0.1, 0.15) is 12.8 Å². The average molecular weight is 190 g/mol.